The lowest BCUT2D eigenvalue weighted by Crippen LogP contribution is -2.48. The van der Waals surface area contributed by atoms with Crippen LogP contribution in [-0.4, -0.2) is 32.7 Å². The quantitative estimate of drug-likeness (QED) is 0.480. The highest BCUT2D eigenvalue weighted by molar-refractivity contribution is 14.1. The average Bonchev–Trinajstić information content (AvgIpc) is 2.04. The normalized spacial score (nSPS) is 26.3. The third-order valence-electron chi connectivity index (χ3n) is 3.24. The Labute approximate surface area is 94.8 Å². The molecule has 1 unspecified atom stereocenters. The number of alkyl halides is 1. The van der Waals surface area contributed by atoms with Gasteiger partial charge in [0.2, 0.25) is 0 Å². The summed E-state index contributed by atoms with van der Waals surface area (Å²) in [6.45, 7) is 8.52. The lowest BCUT2D eigenvalue weighted by Gasteiger charge is -2.41. The van der Waals surface area contributed by atoms with E-state index in [9.17, 15) is 5.11 Å². The molecule has 1 heterocycles. The Hall–Kier alpha value is 0.650. The molecule has 0 aromatic heterocycles. The number of aliphatic hydroxyl groups is 1. The van der Waals surface area contributed by atoms with E-state index in [4.69, 9.17) is 0 Å². The van der Waals surface area contributed by atoms with E-state index >= 15 is 0 Å². The van der Waals surface area contributed by atoms with Gasteiger partial charge in [0.15, 0.2) is 0 Å². The Bertz CT molecular complexity index is 162. The van der Waals surface area contributed by atoms with Crippen molar-refractivity contribution in [3.05, 3.63) is 0 Å². The first-order valence-electron chi connectivity index (χ1n) is 5.06. The minimum absolute atomic E-state index is 0.388. The predicted octanol–water partition coefficient (Wildman–Crippen LogP) is 2.25. The maximum atomic E-state index is 10.2. The molecule has 2 nitrogen and oxygen atoms in total. The smallest absolute Gasteiger partial charge is 0.0694 e. The number of rotatable bonds is 2. The molecule has 1 N–H and O–H groups in total. The molecule has 0 radical (unpaired) electrons. The molecule has 0 saturated carbocycles. The van der Waals surface area contributed by atoms with E-state index < -0.39 is 5.60 Å². The molecule has 0 amide bonds. The zero-order valence-corrected chi connectivity index (χ0v) is 10.9. The van der Waals surface area contributed by atoms with Crippen LogP contribution in [0.15, 0.2) is 0 Å². The molecule has 3 heteroatoms. The number of nitrogens with zero attached hydrogens (tertiary/aromatic N) is 1. The minimum Gasteiger partial charge on any atom is -0.390 e. The van der Waals surface area contributed by atoms with Crippen LogP contribution in [0.4, 0.5) is 0 Å². The molecule has 0 spiro atoms. The summed E-state index contributed by atoms with van der Waals surface area (Å²) in [4.78, 5) is 2.43. The SMILES string of the molecule is CC(I)N1CCC(O)(C(C)C)CC1. The monoisotopic (exact) mass is 297 g/mol. The first kappa shape index (κ1) is 11.7. The van der Waals surface area contributed by atoms with Crippen molar-refractivity contribution in [1.29, 1.82) is 0 Å². The lowest BCUT2D eigenvalue weighted by atomic mass is 9.82. The summed E-state index contributed by atoms with van der Waals surface area (Å²) in [5.74, 6) is 0.388. The van der Waals surface area contributed by atoms with Gasteiger partial charge in [-0.05, 0) is 25.7 Å². The van der Waals surface area contributed by atoms with Crippen LogP contribution in [0.25, 0.3) is 0 Å². The number of piperidine rings is 1. The Kier molecular flexibility index (Phi) is 4.01. The van der Waals surface area contributed by atoms with E-state index in [1.807, 2.05) is 0 Å². The molecule has 1 fully saturated rings. The van der Waals surface area contributed by atoms with Gasteiger partial charge in [0.05, 0.1) is 9.65 Å². The number of hydrogen-bond acceptors (Lipinski definition) is 2. The van der Waals surface area contributed by atoms with Crippen LogP contribution in [-0.2, 0) is 0 Å². The highest BCUT2D eigenvalue weighted by Crippen LogP contribution is 2.30. The summed E-state index contributed by atoms with van der Waals surface area (Å²) in [6, 6.07) is 0. The van der Waals surface area contributed by atoms with Crippen LogP contribution in [0.3, 0.4) is 0 Å². The van der Waals surface area contributed by atoms with Gasteiger partial charge in [0.25, 0.3) is 0 Å². The van der Waals surface area contributed by atoms with Crippen molar-refractivity contribution in [3.63, 3.8) is 0 Å². The fourth-order valence-electron chi connectivity index (χ4n) is 1.84. The molecule has 1 aliphatic heterocycles. The van der Waals surface area contributed by atoms with Crippen LogP contribution in [0.1, 0.15) is 33.6 Å². The Morgan fingerprint density at radius 3 is 2.00 bits per heavy atom. The maximum absolute atomic E-state index is 10.2. The standard InChI is InChI=1S/C10H20INO/c1-8(2)10(13)4-6-12(7-5-10)9(3)11/h8-9,13H,4-7H2,1-3H3. The average molecular weight is 297 g/mol. The summed E-state index contributed by atoms with van der Waals surface area (Å²) >= 11 is 2.44. The van der Waals surface area contributed by atoms with E-state index in [0.29, 0.717) is 9.97 Å². The summed E-state index contributed by atoms with van der Waals surface area (Å²) in [5, 5.41) is 10.2. The predicted molar refractivity (Wildman–Crippen MR) is 64.1 cm³/mol. The molecular formula is C10H20INO. The van der Waals surface area contributed by atoms with Crippen LogP contribution < -0.4 is 0 Å². The van der Waals surface area contributed by atoms with Crippen molar-refractivity contribution < 1.29 is 5.11 Å². The molecule has 1 atom stereocenters. The fraction of sp³-hybridized carbons (Fsp3) is 1.00. The summed E-state index contributed by atoms with van der Waals surface area (Å²) in [6.07, 6.45) is 1.86. The van der Waals surface area contributed by atoms with Gasteiger partial charge in [-0.25, -0.2) is 0 Å². The van der Waals surface area contributed by atoms with Gasteiger partial charge in [-0.3, -0.25) is 4.90 Å². The van der Waals surface area contributed by atoms with E-state index in [1.54, 1.807) is 0 Å². The van der Waals surface area contributed by atoms with Gasteiger partial charge in [-0.1, -0.05) is 36.4 Å². The largest absolute Gasteiger partial charge is 0.390 e. The molecular weight excluding hydrogens is 277 g/mol. The molecule has 78 valence electrons. The van der Waals surface area contributed by atoms with Crippen LogP contribution >= 0.6 is 22.6 Å². The Morgan fingerprint density at radius 2 is 1.69 bits per heavy atom. The summed E-state index contributed by atoms with van der Waals surface area (Å²) in [5.41, 5.74) is -0.401. The first-order valence-corrected chi connectivity index (χ1v) is 6.31. The zero-order valence-electron chi connectivity index (χ0n) is 8.76. The van der Waals surface area contributed by atoms with Gasteiger partial charge in [0, 0.05) is 13.1 Å². The number of hydrogen-bond donors (Lipinski definition) is 1. The summed E-state index contributed by atoms with van der Waals surface area (Å²) in [7, 11) is 0. The van der Waals surface area contributed by atoms with Crippen molar-refractivity contribution in [2.75, 3.05) is 13.1 Å². The highest BCUT2D eigenvalue weighted by atomic mass is 127. The third kappa shape index (κ3) is 2.80. The Morgan fingerprint density at radius 1 is 1.23 bits per heavy atom. The van der Waals surface area contributed by atoms with Gasteiger partial charge >= 0.3 is 0 Å². The zero-order chi connectivity index (χ0) is 10.1. The molecule has 0 bridgehead atoms. The molecule has 1 rings (SSSR count). The molecule has 0 aromatic carbocycles. The topological polar surface area (TPSA) is 23.5 Å². The van der Waals surface area contributed by atoms with Crippen LogP contribution in [0, 0.1) is 5.92 Å². The highest BCUT2D eigenvalue weighted by Gasteiger charge is 2.35. The molecule has 1 aliphatic rings. The fourth-order valence-corrected chi connectivity index (χ4v) is 2.40. The first-order chi connectivity index (χ1) is 5.96. The molecule has 1 saturated heterocycles. The van der Waals surface area contributed by atoms with Gasteiger partial charge < -0.3 is 5.11 Å². The number of halogens is 1. The molecule has 0 aliphatic carbocycles. The third-order valence-corrected chi connectivity index (χ3v) is 4.03. The van der Waals surface area contributed by atoms with Crippen molar-refractivity contribution in [2.24, 2.45) is 5.92 Å². The second kappa shape index (κ2) is 4.45. The van der Waals surface area contributed by atoms with Crippen LogP contribution in [0.5, 0.6) is 0 Å². The van der Waals surface area contributed by atoms with Gasteiger partial charge in [-0.15, -0.1) is 0 Å². The van der Waals surface area contributed by atoms with E-state index in [2.05, 4.69) is 48.3 Å². The van der Waals surface area contributed by atoms with Gasteiger partial charge in [0.1, 0.15) is 0 Å². The second-order valence-electron chi connectivity index (χ2n) is 4.37. The van der Waals surface area contributed by atoms with Crippen molar-refractivity contribution in [2.45, 2.75) is 43.3 Å². The van der Waals surface area contributed by atoms with Crippen molar-refractivity contribution in [3.8, 4) is 0 Å². The Balaban J connectivity index is 2.47. The summed E-state index contributed by atoms with van der Waals surface area (Å²) < 4.78 is 0.592. The van der Waals surface area contributed by atoms with E-state index in [1.165, 1.54) is 0 Å². The van der Waals surface area contributed by atoms with Crippen molar-refractivity contribution >= 4 is 22.6 Å². The van der Waals surface area contributed by atoms with Gasteiger partial charge in [-0.2, -0.15) is 0 Å². The van der Waals surface area contributed by atoms with E-state index in [-0.39, 0.29) is 0 Å². The van der Waals surface area contributed by atoms with Crippen LogP contribution in [0.2, 0.25) is 0 Å². The van der Waals surface area contributed by atoms with E-state index in [0.717, 1.165) is 25.9 Å². The molecule has 13 heavy (non-hydrogen) atoms. The maximum Gasteiger partial charge on any atom is 0.0694 e. The second-order valence-corrected chi connectivity index (χ2v) is 6.17. The van der Waals surface area contributed by atoms with Crippen molar-refractivity contribution in [1.82, 2.24) is 4.90 Å². The molecule has 0 aromatic rings. The minimum atomic E-state index is -0.401. The number of likely N-dealkylation sites (tertiary alicyclic amines) is 1. The lowest BCUT2D eigenvalue weighted by molar-refractivity contribution is -0.0565.